The average molecular weight is 245 g/mol. The van der Waals surface area contributed by atoms with Gasteiger partial charge in [0.05, 0.1) is 0 Å². The molecule has 98 valence electrons. The molecule has 2 nitrogen and oxygen atoms in total. The predicted molar refractivity (Wildman–Crippen MR) is 74.2 cm³/mol. The number of hydrogen-bond donors (Lipinski definition) is 2. The number of phenolic OH excluding ortho intramolecular Hbond substituents is 1. The Morgan fingerprint density at radius 2 is 1.94 bits per heavy atom. The van der Waals surface area contributed by atoms with E-state index in [-0.39, 0.29) is 0 Å². The molecule has 1 heterocycles. The Morgan fingerprint density at radius 1 is 1.06 bits per heavy atom. The molecule has 1 aromatic carbocycles. The van der Waals surface area contributed by atoms with Crippen molar-refractivity contribution in [1.29, 1.82) is 0 Å². The predicted octanol–water partition coefficient (Wildman–Crippen LogP) is 3.13. The standard InChI is InChI=1S/C16H23NO/c18-15-9-8-12-5-2-1-3-7-14(12)16(15)13-6-4-10-17-11-13/h8-9,13,17-18H,1-7,10-11H2. The minimum Gasteiger partial charge on any atom is -0.508 e. The van der Waals surface area contributed by atoms with Crippen molar-refractivity contribution >= 4 is 0 Å². The van der Waals surface area contributed by atoms with Crippen LogP contribution in [0, 0.1) is 0 Å². The van der Waals surface area contributed by atoms with E-state index < -0.39 is 0 Å². The van der Waals surface area contributed by atoms with E-state index in [1.54, 1.807) is 0 Å². The number of aromatic hydroxyl groups is 1. The van der Waals surface area contributed by atoms with Gasteiger partial charge in [-0.15, -0.1) is 0 Å². The second-order valence-electron chi connectivity index (χ2n) is 5.74. The zero-order valence-electron chi connectivity index (χ0n) is 11.0. The topological polar surface area (TPSA) is 32.3 Å². The molecule has 0 radical (unpaired) electrons. The molecular formula is C16H23NO. The molecule has 0 aromatic heterocycles. The summed E-state index contributed by atoms with van der Waals surface area (Å²) in [6, 6.07) is 4.07. The average Bonchev–Trinajstić information content (AvgIpc) is 2.65. The highest BCUT2D eigenvalue weighted by molar-refractivity contribution is 5.47. The highest BCUT2D eigenvalue weighted by Gasteiger charge is 2.23. The molecule has 0 amide bonds. The molecule has 1 unspecified atom stereocenters. The third-order valence-corrected chi connectivity index (χ3v) is 4.51. The van der Waals surface area contributed by atoms with Crippen molar-refractivity contribution in [1.82, 2.24) is 5.32 Å². The van der Waals surface area contributed by atoms with Gasteiger partial charge in [0.25, 0.3) is 0 Å². The number of fused-ring (bicyclic) bond motifs is 1. The maximum Gasteiger partial charge on any atom is 0.119 e. The van der Waals surface area contributed by atoms with Crippen LogP contribution in [0.15, 0.2) is 12.1 Å². The number of hydrogen-bond acceptors (Lipinski definition) is 2. The minimum atomic E-state index is 0.520. The fourth-order valence-electron chi connectivity index (χ4n) is 3.57. The van der Waals surface area contributed by atoms with Gasteiger partial charge in [0.15, 0.2) is 0 Å². The van der Waals surface area contributed by atoms with Gasteiger partial charge in [0.1, 0.15) is 5.75 Å². The Hall–Kier alpha value is -1.02. The monoisotopic (exact) mass is 245 g/mol. The normalized spacial score (nSPS) is 24.3. The summed E-state index contributed by atoms with van der Waals surface area (Å²) in [5, 5.41) is 13.8. The molecule has 1 fully saturated rings. The van der Waals surface area contributed by atoms with Gasteiger partial charge in [-0.1, -0.05) is 12.5 Å². The van der Waals surface area contributed by atoms with E-state index in [1.807, 2.05) is 6.07 Å². The lowest BCUT2D eigenvalue weighted by Crippen LogP contribution is -2.29. The van der Waals surface area contributed by atoms with Crippen LogP contribution in [0.2, 0.25) is 0 Å². The Labute approximate surface area is 109 Å². The molecule has 1 atom stereocenters. The number of phenols is 1. The van der Waals surface area contributed by atoms with Crippen molar-refractivity contribution < 1.29 is 5.11 Å². The molecule has 1 aliphatic heterocycles. The lowest BCUT2D eigenvalue weighted by Gasteiger charge is -2.27. The van der Waals surface area contributed by atoms with Crippen LogP contribution in [-0.2, 0) is 12.8 Å². The highest BCUT2D eigenvalue weighted by Crippen LogP contribution is 2.37. The molecule has 0 saturated carbocycles. The van der Waals surface area contributed by atoms with Crippen molar-refractivity contribution in [3.63, 3.8) is 0 Å². The summed E-state index contributed by atoms with van der Waals surface area (Å²) in [5.41, 5.74) is 4.23. The Morgan fingerprint density at radius 3 is 2.78 bits per heavy atom. The molecule has 18 heavy (non-hydrogen) atoms. The van der Waals surface area contributed by atoms with E-state index in [9.17, 15) is 5.11 Å². The molecule has 3 rings (SSSR count). The Kier molecular flexibility index (Phi) is 3.55. The summed E-state index contributed by atoms with van der Waals surface area (Å²) < 4.78 is 0. The van der Waals surface area contributed by atoms with Gasteiger partial charge in [0.2, 0.25) is 0 Å². The van der Waals surface area contributed by atoms with Crippen LogP contribution in [0.4, 0.5) is 0 Å². The second-order valence-corrected chi connectivity index (χ2v) is 5.74. The molecular weight excluding hydrogens is 222 g/mol. The summed E-state index contributed by atoms with van der Waals surface area (Å²) >= 11 is 0. The van der Waals surface area contributed by atoms with Gasteiger partial charge >= 0.3 is 0 Å². The van der Waals surface area contributed by atoms with Crippen LogP contribution >= 0.6 is 0 Å². The lowest BCUT2D eigenvalue weighted by molar-refractivity contribution is 0.422. The van der Waals surface area contributed by atoms with Gasteiger partial charge < -0.3 is 10.4 Å². The smallest absolute Gasteiger partial charge is 0.119 e. The maximum atomic E-state index is 10.3. The maximum absolute atomic E-state index is 10.3. The Bertz CT molecular complexity index is 421. The van der Waals surface area contributed by atoms with Crippen molar-refractivity contribution in [2.75, 3.05) is 13.1 Å². The molecule has 1 saturated heterocycles. The number of aryl methyl sites for hydroxylation is 1. The van der Waals surface area contributed by atoms with E-state index in [4.69, 9.17) is 0 Å². The van der Waals surface area contributed by atoms with E-state index in [0.29, 0.717) is 11.7 Å². The summed E-state index contributed by atoms with van der Waals surface area (Å²) in [5.74, 6) is 1.05. The van der Waals surface area contributed by atoms with E-state index >= 15 is 0 Å². The number of nitrogens with one attached hydrogen (secondary N) is 1. The van der Waals surface area contributed by atoms with Crippen LogP contribution in [0.5, 0.6) is 5.75 Å². The molecule has 0 bridgehead atoms. The molecule has 1 aliphatic carbocycles. The largest absolute Gasteiger partial charge is 0.508 e. The fraction of sp³-hybridized carbons (Fsp3) is 0.625. The number of benzene rings is 1. The summed E-state index contributed by atoms with van der Waals surface area (Å²) in [6.45, 7) is 2.16. The van der Waals surface area contributed by atoms with Gasteiger partial charge in [-0.25, -0.2) is 0 Å². The van der Waals surface area contributed by atoms with Crippen LogP contribution < -0.4 is 5.32 Å². The summed E-state index contributed by atoms with van der Waals surface area (Å²) in [7, 11) is 0. The third-order valence-electron chi connectivity index (χ3n) is 4.51. The first-order chi connectivity index (χ1) is 8.86. The Balaban J connectivity index is 2.00. The van der Waals surface area contributed by atoms with Crippen LogP contribution in [0.3, 0.4) is 0 Å². The zero-order chi connectivity index (χ0) is 12.4. The zero-order valence-corrected chi connectivity index (χ0v) is 11.0. The van der Waals surface area contributed by atoms with Gasteiger partial charge in [0, 0.05) is 18.0 Å². The molecule has 2 N–H and O–H groups in total. The van der Waals surface area contributed by atoms with E-state index in [2.05, 4.69) is 11.4 Å². The van der Waals surface area contributed by atoms with Gasteiger partial charge in [-0.3, -0.25) is 0 Å². The van der Waals surface area contributed by atoms with Crippen molar-refractivity contribution in [3.05, 3.63) is 28.8 Å². The first kappa shape index (κ1) is 12.0. The van der Waals surface area contributed by atoms with E-state index in [0.717, 1.165) is 19.5 Å². The molecule has 2 heteroatoms. The molecule has 0 spiro atoms. The van der Waals surface area contributed by atoms with Crippen molar-refractivity contribution in [2.45, 2.75) is 50.9 Å². The molecule has 1 aromatic rings. The SMILES string of the molecule is Oc1ccc2c(c1C1CCCNC1)CCCCC2. The van der Waals surface area contributed by atoms with Crippen molar-refractivity contribution in [2.24, 2.45) is 0 Å². The fourth-order valence-corrected chi connectivity index (χ4v) is 3.57. The van der Waals surface area contributed by atoms with Crippen LogP contribution in [-0.4, -0.2) is 18.2 Å². The van der Waals surface area contributed by atoms with Crippen molar-refractivity contribution in [3.8, 4) is 5.75 Å². The van der Waals surface area contributed by atoms with E-state index in [1.165, 1.54) is 55.2 Å². The minimum absolute atomic E-state index is 0.520. The second kappa shape index (κ2) is 5.31. The lowest BCUT2D eigenvalue weighted by atomic mass is 9.84. The van der Waals surface area contributed by atoms with Gasteiger partial charge in [-0.2, -0.15) is 0 Å². The summed E-state index contributed by atoms with van der Waals surface area (Å²) in [4.78, 5) is 0. The number of piperidine rings is 1. The molecule has 2 aliphatic rings. The highest BCUT2D eigenvalue weighted by atomic mass is 16.3. The van der Waals surface area contributed by atoms with Crippen LogP contribution in [0.1, 0.15) is 54.7 Å². The quantitative estimate of drug-likeness (QED) is 0.745. The van der Waals surface area contributed by atoms with Crippen LogP contribution in [0.25, 0.3) is 0 Å². The third kappa shape index (κ3) is 2.26. The summed E-state index contributed by atoms with van der Waals surface area (Å²) in [6.07, 6.45) is 8.73. The first-order valence-electron chi connectivity index (χ1n) is 7.40. The first-order valence-corrected chi connectivity index (χ1v) is 7.40. The number of rotatable bonds is 1. The van der Waals surface area contributed by atoms with Gasteiger partial charge in [-0.05, 0) is 62.3 Å².